The molecule has 156 valence electrons. The third kappa shape index (κ3) is 4.02. The molecule has 1 heterocycles. The molecule has 31 heavy (non-hydrogen) atoms. The number of anilines is 1. The number of methoxy groups -OCH3 is 1. The Morgan fingerprint density at radius 1 is 0.968 bits per heavy atom. The second kappa shape index (κ2) is 8.62. The van der Waals surface area contributed by atoms with Crippen LogP contribution in [0.4, 0.5) is 5.69 Å². The van der Waals surface area contributed by atoms with Gasteiger partial charge in [-0.3, -0.25) is 19.3 Å². The maximum absolute atomic E-state index is 13.4. The average molecular weight is 435 g/mol. The highest BCUT2D eigenvalue weighted by Crippen LogP contribution is 2.30. The maximum atomic E-state index is 13.4. The van der Waals surface area contributed by atoms with Gasteiger partial charge in [-0.1, -0.05) is 54.1 Å². The van der Waals surface area contributed by atoms with Crippen molar-refractivity contribution >= 4 is 35.0 Å². The summed E-state index contributed by atoms with van der Waals surface area (Å²) < 4.78 is 5.30. The highest BCUT2D eigenvalue weighted by atomic mass is 35.5. The number of carbonyl (C=O) groups is 3. The van der Waals surface area contributed by atoms with E-state index < -0.39 is 23.8 Å². The van der Waals surface area contributed by atoms with Gasteiger partial charge < -0.3 is 10.1 Å². The van der Waals surface area contributed by atoms with E-state index in [1.165, 1.54) is 7.11 Å². The molecule has 0 bridgehead atoms. The van der Waals surface area contributed by atoms with Crippen molar-refractivity contribution in [2.24, 2.45) is 0 Å². The number of ether oxygens (including phenoxy) is 1. The van der Waals surface area contributed by atoms with E-state index in [1.807, 2.05) is 30.3 Å². The number of benzene rings is 3. The molecule has 3 amide bonds. The molecule has 0 unspecified atom stereocenters. The topological polar surface area (TPSA) is 75.7 Å². The van der Waals surface area contributed by atoms with E-state index in [0.29, 0.717) is 27.6 Å². The van der Waals surface area contributed by atoms with Crippen molar-refractivity contribution in [1.82, 2.24) is 4.90 Å². The van der Waals surface area contributed by atoms with Crippen molar-refractivity contribution < 1.29 is 19.1 Å². The second-order valence-corrected chi connectivity index (χ2v) is 7.50. The molecule has 4 rings (SSSR count). The molecule has 1 aliphatic heterocycles. The molecule has 1 aliphatic rings. The Morgan fingerprint density at radius 2 is 1.58 bits per heavy atom. The first-order valence-electron chi connectivity index (χ1n) is 9.65. The Bertz CT molecular complexity index is 1130. The van der Waals surface area contributed by atoms with Crippen LogP contribution in [0.3, 0.4) is 0 Å². The lowest BCUT2D eigenvalue weighted by atomic mass is 10.0. The predicted octanol–water partition coefficient (Wildman–Crippen LogP) is 4.19. The zero-order valence-electron chi connectivity index (χ0n) is 16.7. The van der Waals surface area contributed by atoms with E-state index in [0.717, 1.165) is 10.5 Å². The van der Waals surface area contributed by atoms with Crippen LogP contribution in [-0.2, 0) is 11.2 Å². The number of hydrogen-bond donors (Lipinski definition) is 1. The highest BCUT2D eigenvalue weighted by Gasteiger charge is 2.42. The van der Waals surface area contributed by atoms with E-state index in [4.69, 9.17) is 16.3 Å². The van der Waals surface area contributed by atoms with Crippen LogP contribution < -0.4 is 10.1 Å². The number of nitrogens with zero attached hydrogens (tertiary/aromatic N) is 1. The van der Waals surface area contributed by atoms with Crippen LogP contribution in [0.1, 0.15) is 26.3 Å². The maximum Gasteiger partial charge on any atom is 0.262 e. The number of amides is 3. The van der Waals surface area contributed by atoms with Gasteiger partial charge in [0.25, 0.3) is 11.8 Å². The van der Waals surface area contributed by atoms with Gasteiger partial charge in [0.05, 0.1) is 23.9 Å². The fourth-order valence-corrected chi connectivity index (χ4v) is 3.80. The summed E-state index contributed by atoms with van der Waals surface area (Å²) in [5, 5.41) is 3.19. The highest BCUT2D eigenvalue weighted by molar-refractivity contribution is 6.31. The molecule has 7 heteroatoms. The van der Waals surface area contributed by atoms with Crippen LogP contribution in [0.15, 0.2) is 72.8 Å². The zero-order valence-corrected chi connectivity index (χ0v) is 17.4. The fourth-order valence-electron chi connectivity index (χ4n) is 3.62. The van der Waals surface area contributed by atoms with Gasteiger partial charge in [-0.2, -0.15) is 0 Å². The number of carbonyl (C=O) groups excluding carboxylic acids is 3. The molecular formula is C24H19ClN2O4. The van der Waals surface area contributed by atoms with E-state index in [-0.39, 0.29) is 6.42 Å². The van der Waals surface area contributed by atoms with Crippen LogP contribution in [0, 0.1) is 0 Å². The molecule has 0 aromatic heterocycles. The van der Waals surface area contributed by atoms with Gasteiger partial charge in [0, 0.05) is 11.4 Å². The van der Waals surface area contributed by atoms with Gasteiger partial charge in [-0.05, 0) is 35.9 Å². The first kappa shape index (κ1) is 20.6. The van der Waals surface area contributed by atoms with Crippen LogP contribution in [0.5, 0.6) is 5.75 Å². The Kier molecular flexibility index (Phi) is 5.73. The van der Waals surface area contributed by atoms with Crippen molar-refractivity contribution in [1.29, 1.82) is 0 Å². The minimum absolute atomic E-state index is 0.168. The Labute approximate surface area is 184 Å². The average Bonchev–Trinajstić information content (AvgIpc) is 3.03. The summed E-state index contributed by atoms with van der Waals surface area (Å²) in [4.78, 5) is 40.5. The number of hydrogen-bond acceptors (Lipinski definition) is 4. The number of imide groups is 1. The Morgan fingerprint density at radius 3 is 2.19 bits per heavy atom. The Hall–Kier alpha value is -3.64. The molecule has 0 saturated carbocycles. The van der Waals surface area contributed by atoms with Crippen LogP contribution in [0.25, 0.3) is 0 Å². The van der Waals surface area contributed by atoms with E-state index in [2.05, 4.69) is 5.32 Å². The minimum Gasteiger partial charge on any atom is -0.495 e. The van der Waals surface area contributed by atoms with Crippen LogP contribution >= 0.6 is 11.6 Å². The monoisotopic (exact) mass is 434 g/mol. The molecule has 0 spiro atoms. The first-order chi connectivity index (χ1) is 15.0. The molecule has 0 saturated heterocycles. The SMILES string of the molecule is COc1ccc(Cl)cc1NC(=O)[C@@H](Cc1ccccc1)N1C(=O)c2ccccc2C1=O. The number of rotatable bonds is 6. The van der Waals surface area contributed by atoms with Gasteiger partial charge in [0.2, 0.25) is 5.91 Å². The van der Waals surface area contributed by atoms with Crippen molar-refractivity contribution in [3.8, 4) is 5.75 Å². The third-order valence-electron chi connectivity index (χ3n) is 5.13. The van der Waals surface area contributed by atoms with Crippen LogP contribution in [-0.4, -0.2) is 35.8 Å². The zero-order chi connectivity index (χ0) is 22.0. The Balaban J connectivity index is 1.70. The minimum atomic E-state index is -1.06. The van der Waals surface area contributed by atoms with E-state index >= 15 is 0 Å². The number of fused-ring (bicyclic) bond motifs is 1. The summed E-state index contributed by atoms with van der Waals surface area (Å²) in [6.45, 7) is 0. The van der Waals surface area contributed by atoms with Gasteiger partial charge in [-0.25, -0.2) is 0 Å². The molecule has 0 fully saturated rings. The van der Waals surface area contributed by atoms with E-state index in [1.54, 1.807) is 42.5 Å². The van der Waals surface area contributed by atoms with Crippen molar-refractivity contribution in [2.45, 2.75) is 12.5 Å². The first-order valence-corrected chi connectivity index (χ1v) is 10.0. The smallest absolute Gasteiger partial charge is 0.262 e. The standard InChI is InChI=1S/C24H19ClN2O4/c1-31-21-12-11-16(25)14-19(21)26-22(28)20(13-15-7-3-2-4-8-15)27-23(29)17-9-5-6-10-18(17)24(27)30/h2-12,14,20H,13H2,1H3,(H,26,28)/t20-/m1/s1. The molecule has 0 aliphatic carbocycles. The number of nitrogens with one attached hydrogen (secondary N) is 1. The van der Waals surface area contributed by atoms with Crippen molar-refractivity contribution in [3.63, 3.8) is 0 Å². The summed E-state index contributed by atoms with van der Waals surface area (Å²) in [5.74, 6) is -1.08. The van der Waals surface area contributed by atoms with Gasteiger partial charge in [-0.15, -0.1) is 0 Å². The quantitative estimate of drug-likeness (QED) is 0.590. The molecule has 6 nitrogen and oxygen atoms in total. The van der Waals surface area contributed by atoms with Crippen molar-refractivity contribution in [3.05, 3.63) is 94.5 Å². The molecule has 1 atom stereocenters. The number of halogens is 1. The summed E-state index contributed by atoms with van der Waals surface area (Å²) in [6.07, 6.45) is 0.168. The summed E-state index contributed by atoms with van der Waals surface area (Å²) in [5.41, 5.74) is 1.75. The normalized spacial score (nSPS) is 13.7. The molecule has 3 aromatic rings. The lowest BCUT2D eigenvalue weighted by Crippen LogP contribution is -2.48. The molecule has 1 N–H and O–H groups in total. The largest absolute Gasteiger partial charge is 0.495 e. The predicted molar refractivity (Wildman–Crippen MR) is 118 cm³/mol. The van der Waals surface area contributed by atoms with Gasteiger partial charge in [0.1, 0.15) is 11.8 Å². The molecular weight excluding hydrogens is 416 g/mol. The second-order valence-electron chi connectivity index (χ2n) is 7.07. The third-order valence-corrected chi connectivity index (χ3v) is 5.37. The molecule has 0 radical (unpaired) electrons. The van der Waals surface area contributed by atoms with Gasteiger partial charge >= 0.3 is 0 Å². The van der Waals surface area contributed by atoms with E-state index in [9.17, 15) is 14.4 Å². The summed E-state index contributed by atoms with van der Waals surface area (Å²) >= 11 is 6.08. The lowest BCUT2D eigenvalue weighted by molar-refractivity contribution is -0.119. The van der Waals surface area contributed by atoms with Crippen molar-refractivity contribution in [2.75, 3.05) is 12.4 Å². The fraction of sp³-hybridized carbons (Fsp3) is 0.125. The lowest BCUT2D eigenvalue weighted by Gasteiger charge is -2.26. The molecule has 3 aromatic carbocycles. The van der Waals surface area contributed by atoms with Crippen LogP contribution in [0.2, 0.25) is 5.02 Å². The summed E-state index contributed by atoms with van der Waals surface area (Å²) in [6, 6.07) is 19.6. The van der Waals surface area contributed by atoms with Gasteiger partial charge in [0.15, 0.2) is 0 Å². The summed E-state index contributed by atoms with van der Waals surface area (Å²) in [7, 11) is 1.48.